The van der Waals surface area contributed by atoms with E-state index in [2.05, 4.69) is 4.74 Å². The number of amides is 2. The number of rotatable bonds is 5. The maximum Gasteiger partial charge on any atom is 0.573 e. The number of likely N-dealkylation sites (tertiary alicyclic amines) is 1. The van der Waals surface area contributed by atoms with E-state index in [1.54, 1.807) is 36.4 Å². The predicted octanol–water partition coefficient (Wildman–Crippen LogP) is 2.80. The molecule has 0 unspecified atom stereocenters. The summed E-state index contributed by atoms with van der Waals surface area (Å²) in [5.41, 5.74) is 0.565. The maximum atomic E-state index is 13.7. The number of fused-ring (bicyclic) bond motifs is 2. The van der Waals surface area contributed by atoms with Crippen molar-refractivity contribution in [1.29, 1.82) is 0 Å². The molecule has 3 aliphatic rings. The fraction of sp³-hybridized carbons (Fsp3) is 0.417. The third kappa shape index (κ3) is 4.63. The van der Waals surface area contributed by atoms with E-state index in [0.29, 0.717) is 24.7 Å². The zero-order chi connectivity index (χ0) is 25.0. The van der Waals surface area contributed by atoms with Crippen LogP contribution in [-0.4, -0.2) is 75.3 Å². The van der Waals surface area contributed by atoms with Gasteiger partial charge < -0.3 is 9.84 Å². The summed E-state index contributed by atoms with van der Waals surface area (Å²) in [6.45, 7) is 1.44. The minimum atomic E-state index is -4.75. The molecule has 3 heterocycles. The van der Waals surface area contributed by atoms with E-state index in [4.69, 9.17) is 11.6 Å². The molecule has 0 radical (unpaired) electrons. The lowest BCUT2D eigenvalue weighted by atomic mass is 9.82. The van der Waals surface area contributed by atoms with Crippen molar-refractivity contribution < 1.29 is 32.6 Å². The van der Waals surface area contributed by atoms with Gasteiger partial charge in [0.05, 0.1) is 18.7 Å². The highest BCUT2D eigenvalue weighted by atomic mass is 35.5. The number of ether oxygens (including phenoxy) is 1. The molecule has 2 amide bonds. The Morgan fingerprint density at radius 3 is 2.43 bits per heavy atom. The van der Waals surface area contributed by atoms with Gasteiger partial charge in [0.15, 0.2) is 0 Å². The van der Waals surface area contributed by atoms with Crippen LogP contribution in [0.3, 0.4) is 0 Å². The van der Waals surface area contributed by atoms with Crippen LogP contribution in [0.25, 0.3) is 0 Å². The van der Waals surface area contributed by atoms with Gasteiger partial charge >= 0.3 is 6.36 Å². The number of piperazine rings is 1. The molecule has 7 nitrogen and oxygen atoms in total. The van der Waals surface area contributed by atoms with Gasteiger partial charge in [-0.15, -0.1) is 13.2 Å². The van der Waals surface area contributed by atoms with Crippen molar-refractivity contribution in [3.05, 3.63) is 64.7 Å². The van der Waals surface area contributed by atoms with Crippen LogP contribution in [0.1, 0.15) is 17.5 Å². The number of aliphatic hydroxyl groups excluding tert-OH is 1. The van der Waals surface area contributed by atoms with Gasteiger partial charge in [0.1, 0.15) is 11.3 Å². The normalized spacial score (nSPS) is 24.5. The summed E-state index contributed by atoms with van der Waals surface area (Å²) in [7, 11) is 0. The summed E-state index contributed by atoms with van der Waals surface area (Å²) in [6.07, 6.45) is -5.19. The molecule has 186 valence electrons. The molecule has 3 fully saturated rings. The number of carbonyl (C=O) groups is 2. The first-order valence-corrected chi connectivity index (χ1v) is 11.5. The van der Waals surface area contributed by atoms with Gasteiger partial charge in [-0.05, 0) is 41.8 Å². The van der Waals surface area contributed by atoms with Crippen LogP contribution in [0.15, 0.2) is 48.5 Å². The molecule has 3 aliphatic heterocycles. The van der Waals surface area contributed by atoms with E-state index >= 15 is 0 Å². The van der Waals surface area contributed by atoms with Gasteiger partial charge in [-0.1, -0.05) is 35.9 Å². The molecule has 2 aromatic carbocycles. The zero-order valence-electron chi connectivity index (χ0n) is 18.5. The second kappa shape index (κ2) is 8.77. The fourth-order valence-electron chi connectivity index (χ4n) is 5.32. The highest BCUT2D eigenvalue weighted by Crippen LogP contribution is 2.41. The molecule has 11 heteroatoms. The molecule has 35 heavy (non-hydrogen) atoms. The van der Waals surface area contributed by atoms with Crippen molar-refractivity contribution in [1.82, 2.24) is 14.7 Å². The zero-order valence-corrected chi connectivity index (χ0v) is 19.3. The minimum Gasteiger partial charge on any atom is -0.406 e. The smallest absolute Gasteiger partial charge is 0.406 e. The molecule has 1 N–H and O–H groups in total. The highest BCUT2D eigenvalue weighted by molar-refractivity contribution is 6.30. The van der Waals surface area contributed by atoms with Crippen molar-refractivity contribution in [3.63, 3.8) is 0 Å². The average Bonchev–Trinajstić information content (AvgIpc) is 3.15. The van der Waals surface area contributed by atoms with Crippen molar-refractivity contribution in [2.75, 3.05) is 19.6 Å². The monoisotopic (exact) mass is 509 g/mol. The van der Waals surface area contributed by atoms with Crippen LogP contribution in [-0.2, 0) is 22.7 Å². The lowest BCUT2D eigenvalue weighted by Crippen LogP contribution is -2.81. The Labute approximate surface area is 204 Å². The first kappa shape index (κ1) is 24.1. The molecule has 0 saturated carbocycles. The van der Waals surface area contributed by atoms with Crippen LogP contribution in [0.2, 0.25) is 5.02 Å². The first-order chi connectivity index (χ1) is 16.5. The van der Waals surface area contributed by atoms with Crippen LogP contribution in [0.4, 0.5) is 13.2 Å². The van der Waals surface area contributed by atoms with Gasteiger partial charge in [0.25, 0.3) is 5.91 Å². The summed E-state index contributed by atoms with van der Waals surface area (Å²) in [5, 5.41) is 10.8. The number of aliphatic hydroxyl groups is 1. The highest BCUT2D eigenvalue weighted by Gasteiger charge is 2.64. The van der Waals surface area contributed by atoms with Gasteiger partial charge in [-0.2, -0.15) is 0 Å². The lowest BCUT2D eigenvalue weighted by molar-refractivity contribution is -0.274. The molecule has 0 aromatic heterocycles. The summed E-state index contributed by atoms with van der Waals surface area (Å²) in [6, 6.07) is 12.0. The maximum absolute atomic E-state index is 13.7. The Morgan fingerprint density at radius 2 is 1.77 bits per heavy atom. The summed E-state index contributed by atoms with van der Waals surface area (Å²) < 4.78 is 41.1. The van der Waals surface area contributed by atoms with Crippen molar-refractivity contribution >= 4 is 23.4 Å². The minimum absolute atomic E-state index is 0.0983. The summed E-state index contributed by atoms with van der Waals surface area (Å²) >= 11 is 6.08. The van der Waals surface area contributed by atoms with E-state index in [9.17, 15) is 27.9 Å². The van der Waals surface area contributed by atoms with Gasteiger partial charge in [-0.25, -0.2) is 0 Å². The number of β-amino-alcohol motifs (C(OH)–C–C–N with tert-alkyl or cyclic N) is 1. The number of hydrogen-bond acceptors (Lipinski definition) is 6. The van der Waals surface area contributed by atoms with Crippen molar-refractivity contribution in [3.8, 4) is 5.75 Å². The Hall–Kier alpha value is -2.66. The number of hydrogen-bond donors (Lipinski definition) is 1. The standard InChI is InChI=1S/C24H23ClF3N3O4/c25-17-3-1-2-16(8-17)11-30-21(33)20-9-18(32)12-31(20)23(22(30)34)13-29(14-23)10-15-4-6-19(7-5-15)35-24(26,27)28/h1-8,18,20,32H,9-14H2/t18-,20+/m1/s1. The van der Waals surface area contributed by atoms with Crippen molar-refractivity contribution in [2.45, 2.75) is 43.6 Å². The van der Waals surface area contributed by atoms with E-state index < -0.39 is 24.0 Å². The third-order valence-electron chi connectivity index (χ3n) is 6.79. The molecule has 0 bridgehead atoms. The van der Waals surface area contributed by atoms with E-state index in [-0.39, 0.29) is 37.1 Å². The van der Waals surface area contributed by atoms with E-state index in [0.717, 1.165) is 11.1 Å². The van der Waals surface area contributed by atoms with Crippen LogP contribution in [0, 0.1) is 0 Å². The quantitative estimate of drug-likeness (QED) is 0.625. The Morgan fingerprint density at radius 1 is 1.06 bits per heavy atom. The molecule has 1 spiro atoms. The molecule has 0 aliphatic carbocycles. The second-order valence-corrected chi connectivity index (χ2v) is 9.72. The summed E-state index contributed by atoms with van der Waals surface area (Å²) in [5.74, 6) is -0.929. The number of imide groups is 1. The van der Waals surface area contributed by atoms with Crippen LogP contribution < -0.4 is 4.74 Å². The topological polar surface area (TPSA) is 73.3 Å². The SMILES string of the molecule is O=C1[C@@H]2C[C@@H](O)CN2C2(CN(Cc3ccc(OC(F)(F)F)cc3)C2)C(=O)N1Cc1cccc(Cl)c1. The number of benzene rings is 2. The lowest BCUT2D eigenvalue weighted by Gasteiger charge is -2.58. The molecule has 5 rings (SSSR count). The second-order valence-electron chi connectivity index (χ2n) is 9.29. The number of nitrogens with zero attached hydrogens (tertiary/aromatic N) is 3. The molecule has 2 atom stereocenters. The van der Waals surface area contributed by atoms with Crippen molar-refractivity contribution in [2.24, 2.45) is 0 Å². The Bertz CT molecular complexity index is 1140. The van der Waals surface area contributed by atoms with Crippen LogP contribution in [0.5, 0.6) is 5.75 Å². The molecule has 3 saturated heterocycles. The fourth-order valence-corrected chi connectivity index (χ4v) is 5.53. The first-order valence-electron chi connectivity index (χ1n) is 11.2. The molecular formula is C24H23ClF3N3O4. The largest absolute Gasteiger partial charge is 0.573 e. The van der Waals surface area contributed by atoms with Crippen LogP contribution >= 0.6 is 11.6 Å². The number of alkyl halides is 3. The predicted molar refractivity (Wildman–Crippen MR) is 119 cm³/mol. The molecular weight excluding hydrogens is 487 g/mol. The Kier molecular flexibility index (Phi) is 6.03. The summed E-state index contributed by atoms with van der Waals surface area (Å²) in [4.78, 5) is 31.9. The average molecular weight is 510 g/mol. The van der Waals surface area contributed by atoms with Gasteiger partial charge in [-0.3, -0.25) is 24.3 Å². The van der Waals surface area contributed by atoms with E-state index in [1.807, 2.05) is 9.80 Å². The number of halogens is 4. The molecule has 2 aromatic rings. The van der Waals surface area contributed by atoms with Gasteiger partial charge in [0, 0.05) is 31.2 Å². The third-order valence-corrected chi connectivity index (χ3v) is 7.02. The van der Waals surface area contributed by atoms with E-state index in [1.165, 1.54) is 17.0 Å². The number of carbonyl (C=O) groups excluding carboxylic acids is 2. The Balaban J connectivity index is 1.32. The van der Waals surface area contributed by atoms with Gasteiger partial charge in [0.2, 0.25) is 5.91 Å².